The van der Waals surface area contributed by atoms with Gasteiger partial charge in [0, 0.05) is 10.2 Å². The van der Waals surface area contributed by atoms with Crippen LogP contribution in [-0.2, 0) is 6.61 Å². The molecule has 0 aliphatic carbocycles. The smallest absolute Gasteiger partial charge is 0.339 e. The minimum atomic E-state index is -0.409. The van der Waals surface area contributed by atoms with Crippen molar-refractivity contribution >= 4 is 65.7 Å². The third kappa shape index (κ3) is 6.42. The Morgan fingerprint density at radius 2 is 1.70 bits per heavy atom. The standard InChI is InChI=1S/C22H18Br3N3O2/c1-14-4-2-3-5-20(14)27-22(29)28-26-12-16-10-18(24)21(19(25)11-16)30-13-15-6-8-17(23)9-7-15/h2-12H,13H2,1H3,(H2,27,28,29). The number of halogens is 3. The van der Waals surface area contributed by atoms with Crippen LogP contribution in [0.4, 0.5) is 10.5 Å². The number of hydrazone groups is 1. The molecule has 0 atom stereocenters. The Morgan fingerprint density at radius 1 is 1.03 bits per heavy atom. The van der Waals surface area contributed by atoms with Crippen LogP contribution in [0.25, 0.3) is 0 Å². The fraction of sp³-hybridized carbons (Fsp3) is 0.0909. The molecule has 154 valence electrons. The van der Waals surface area contributed by atoms with Crippen LogP contribution < -0.4 is 15.5 Å². The van der Waals surface area contributed by atoms with Gasteiger partial charge in [0.25, 0.3) is 0 Å². The highest BCUT2D eigenvalue weighted by atomic mass is 79.9. The molecule has 0 aliphatic rings. The summed E-state index contributed by atoms with van der Waals surface area (Å²) in [4.78, 5) is 12.0. The molecular weight excluding hydrogens is 578 g/mol. The topological polar surface area (TPSA) is 62.7 Å². The van der Waals surface area contributed by atoms with Gasteiger partial charge in [-0.1, -0.05) is 46.3 Å². The van der Waals surface area contributed by atoms with Crippen molar-refractivity contribution < 1.29 is 9.53 Å². The van der Waals surface area contributed by atoms with Crippen molar-refractivity contribution in [1.29, 1.82) is 0 Å². The van der Waals surface area contributed by atoms with Crippen LogP contribution in [-0.4, -0.2) is 12.2 Å². The molecule has 8 heteroatoms. The number of amides is 2. The molecule has 3 rings (SSSR count). The first-order valence-corrected chi connectivity index (χ1v) is 11.3. The van der Waals surface area contributed by atoms with E-state index in [0.29, 0.717) is 12.4 Å². The SMILES string of the molecule is Cc1ccccc1NC(=O)NN=Cc1cc(Br)c(OCc2ccc(Br)cc2)c(Br)c1. The maximum atomic E-state index is 12.0. The van der Waals surface area contributed by atoms with Gasteiger partial charge in [-0.15, -0.1) is 0 Å². The number of para-hydroxylation sites is 1. The molecule has 0 aromatic heterocycles. The maximum absolute atomic E-state index is 12.0. The van der Waals surface area contributed by atoms with Gasteiger partial charge >= 0.3 is 6.03 Å². The molecular formula is C22H18Br3N3O2. The number of hydrogen-bond acceptors (Lipinski definition) is 3. The minimum absolute atomic E-state index is 0.409. The van der Waals surface area contributed by atoms with E-state index in [4.69, 9.17) is 4.74 Å². The van der Waals surface area contributed by atoms with Crippen molar-refractivity contribution in [3.8, 4) is 5.75 Å². The van der Waals surface area contributed by atoms with Gasteiger partial charge < -0.3 is 10.1 Å². The minimum Gasteiger partial charge on any atom is -0.487 e. The molecule has 0 bridgehead atoms. The maximum Gasteiger partial charge on any atom is 0.339 e. The Balaban J connectivity index is 1.59. The molecule has 0 saturated heterocycles. The highest BCUT2D eigenvalue weighted by Crippen LogP contribution is 2.35. The highest BCUT2D eigenvalue weighted by Gasteiger charge is 2.09. The fourth-order valence-electron chi connectivity index (χ4n) is 2.56. The summed E-state index contributed by atoms with van der Waals surface area (Å²) in [7, 11) is 0. The van der Waals surface area contributed by atoms with Crippen LogP contribution >= 0.6 is 47.8 Å². The van der Waals surface area contributed by atoms with E-state index >= 15 is 0 Å². The predicted octanol–water partition coefficient (Wildman–Crippen LogP) is 7.02. The predicted molar refractivity (Wildman–Crippen MR) is 131 cm³/mol. The van der Waals surface area contributed by atoms with Crippen LogP contribution in [0, 0.1) is 6.92 Å². The van der Waals surface area contributed by atoms with E-state index in [1.165, 1.54) is 0 Å². The van der Waals surface area contributed by atoms with Crippen LogP contribution in [0.1, 0.15) is 16.7 Å². The van der Waals surface area contributed by atoms with Gasteiger partial charge in [-0.2, -0.15) is 5.10 Å². The number of rotatable bonds is 6. The summed E-state index contributed by atoms with van der Waals surface area (Å²) in [5, 5.41) is 6.77. The third-order valence-corrected chi connectivity index (χ3v) is 5.80. The number of ether oxygens (including phenoxy) is 1. The van der Waals surface area contributed by atoms with E-state index in [1.807, 2.05) is 67.6 Å². The Morgan fingerprint density at radius 3 is 2.37 bits per heavy atom. The number of urea groups is 1. The quantitative estimate of drug-likeness (QED) is 0.238. The monoisotopic (exact) mass is 593 g/mol. The number of anilines is 1. The van der Waals surface area contributed by atoms with E-state index < -0.39 is 6.03 Å². The number of benzene rings is 3. The summed E-state index contributed by atoms with van der Waals surface area (Å²) in [5.74, 6) is 0.695. The molecule has 3 aromatic carbocycles. The second-order valence-corrected chi connectivity index (χ2v) is 8.99. The lowest BCUT2D eigenvalue weighted by Gasteiger charge is -2.11. The Bertz CT molecular complexity index is 1050. The fourth-order valence-corrected chi connectivity index (χ4v) is 4.27. The summed E-state index contributed by atoms with van der Waals surface area (Å²) >= 11 is 10.5. The molecule has 0 unspecified atom stereocenters. The van der Waals surface area contributed by atoms with Crippen LogP contribution in [0.3, 0.4) is 0 Å². The molecule has 0 spiro atoms. The van der Waals surface area contributed by atoms with Crippen molar-refractivity contribution in [2.45, 2.75) is 13.5 Å². The molecule has 0 saturated carbocycles. The van der Waals surface area contributed by atoms with E-state index in [-0.39, 0.29) is 0 Å². The second-order valence-electron chi connectivity index (χ2n) is 6.37. The summed E-state index contributed by atoms with van der Waals surface area (Å²) in [6.07, 6.45) is 1.56. The molecule has 5 nitrogen and oxygen atoms in total. The average molecular weight is 596 g/mol. The molecule has 0 heterocycles. The number of nitrogens with zero attached hydrogens (tertiary/aromatic N) is 1. The first-order valence-electron chi connectivity index (χ1n) is 8.94. The van der Waals surface area contributed by atoms with Gasteiger partial charge in [-0.3, -0.25) is 0 Å². The van der Waals surface area contributed by atoms with Gasteiger partial charge in [-0.05, 0) is 85.8 Å². The van der Waals surface area contributed by atoms with Gasteiger partial charge in [0.15, 0.2) is 0 Å². The van der Waals surface area contributed by atoms with Gasteiger partial charge in [0.2, 0.25) is 0 Å². The second kappa shape index (κ2) is 10.7. The molecule has 3 aromatic rings. The first kappa shape index (κ1) is 22.5. The number of hydrogen-bond donors (Lipinski definition) is 2. The average Bonchev–Trinajstić information content (AvgIpc) is 2.70. The lowest BCUT2D eigenvalue weighted by atomic mass is 10.2. The molecule has 2 amide bonds. The van der Waals surface area contributed by atoms with Crippen molar-refractivity contribution in [2.75, 3.05) is 5.32 Å². The number of carbonyl (C=O) groups is 1. The highest BCUT2D eigenvalue weighted by molar-refractivity contribution is 9.11. The number of carbonyl (C=O) groups excluding carboxylic acids is 1. The largest absolute Gasteiger partial charge is 0.487 e. The summed E-state index contributed by atoms with van der Waals surface area (Å²) in [6.45, 7) is 2.37. The zero-order valence-corrected chi connectivity index (χ0v) is 20.7. The molecule has 0 aliphatic heterocycles. The summed E-state index contributed by atoms with van der Waals surface area (Å²) in [5.41, 5.74) is 6.03. The molecule has 0 radical (unpaired) electrons. The summed E-state index contributed by atoms with van der Waals surface area (Å²) < 4.78 is 8.52. The zero-order chi connectivity index (χ0) is 21.5. The lowest BCUT2D eigenvalue weighted by molar-refractivity contribution is 0.252. The molecule has 30 heavy (non-hydrogen) atoms. The zero-order valence-electron chi connectivity index (χ0n) is 16.0. The van der Waals surface area contributed by atoms with Crippen molar-refractivity contribution in [2.24, 2.45) is 5.10 Å². The number of nitrogens with one attached hydrogen (secondary N) is 2. The van der Waals surface area contributed by atoms with Gasteiger partial charge in [-0.25, -0.2) is 10.2 Å². The van der Waals surface area contributed by atoms with Crippen LogP contribution in [0.5, 0.6) is 5.75 Å². The number of aryl methyl sites for hydroxylation is 1. The van der Waals surface area contributed by atoms with Gasteiger partial charge in [0.1, 0.15) is 12.4 Å². The van der Waals surface area contributed by atoms with E-state index in [1.54, 1.807) is 6.21 Å². The lowest BCUT2D eigenvalue weighted by Crippen LogP contribution is -2.24. The van der Waals surface area contributed by atoms with E-state index in [2.05, 4.69) is 63.6 Å². The Hall–Kier alpha value is -2.16. The van der Waals surface area contributed by atoms with Gasteiger partial charge in [0.05, 0.1) is 15.2 Å². The van der Waals surface area contributed by atoms with E-state index in [9.17, 15) is 4.79 Å². The van der Waals surface area contributed by atoms with Crippen molar-refractivity contribution in [3.63, 3.8) is 0 Å². The van der Waals surface area contributed by atoms with Crippen molar-refractivity contribution in [1.82, 2.24) is 5.43 Å². The first-order chi connectivity index (χ1) is 14.4. The normalized spacial score (nSPS) is 10.8. The molecule has 0 fully saturated rings. The molecule has 2 N–H and O–H groups in total. The van der Waals surface area contributed by atoms with Crippen LogP contribution in [0.2, 0.25) is 0 Å². The van der Waals surface area contributed by atoms with E-state index in [0.717, 1.165) is 35.8 Å². The van der Waals surface area contributed by atoms with Crippen molar-refractivity contribution in [3.05, 3.63) is 90.8 Å². The Labute approximate surface area is 200 Å². The Kier molecular flexibility index (Phi) is 8.07. The van der Waals surface area contributed by atoms with Crippen LogP contribution in [0.15, 0.2) is 79.2 Å². The summed E-state index contributed by atoms with van der Waals surface area (Å²) in [6, 6.07) is 18.8. The third-order valence-electron chi connectivity index (χ3n) is 4.09.